The summed E-state index contributed by atoms with van der Waals surface area (Å²) in [6, 6.07) is 18.7. The minimum absolute atomic E-state index is 0.367. The second-order valence-electron chi connectivity index (χ2n) is 4.20. The lowest BCUT2D eigenvalue weighted by Crippen LogP contribution is -2.26. The number of nitrogens with zero attached hydrogens (tertiary/aromatic N) is 3. The summed E-state index contributed by atoms with van der Waals surface area (Å²) in [7, 11) is 0. The molecule has 102 valence electrons. The van der Waals surface area contributed by atoms with Gasteiger partial charge >= 0.3 is 0 Å². The van der Waals surface area contributed by atoms with Gasteiger partial charge in [0.25, 0.3) is 0 Å². The van der Waals surface area contributed by atoms with E-state index in [1.807, 2.05) is 36.5 Å². The highest BCUT2D eigenvalue weighted by Crippen LogP contribution is 2.09. The van der Waals surface area contributed by atoms with Crippen molar-refractivity contribution in [1.29, 1.82) is 10.5 Å². The number of hydrogen-bond donors (Lipinski definition) is 2. The Hall–Kier alpha value is -3.31. The van der Waals surface area contributed by atoms with Crippen LogP contribution in [0.3, 0.4) is 0 Å². The molecule has 2 aromatic rings. The minimum atomic E-state index is 0.367. The topological polar surface area (TPSA) is 84.0 Å². The first-order valence-electron chi connectivity index (χ1n) is 6.32. The Bertz CT molecular complexity index is 690. The van der Waals surface area contributed by atoms with Gasteiger partial charge in [-0.25, -0.2) is 4.99 Å². The molecule has 0 fully saturated rings. The molecule has 0 bridgehead atoms. The molecule has 2 rings (SSSR count). The maximum Gasteiger partial charge on any atom is 0.209 e. The number of benzene rings is 2. The van der Waals surface area contributed by atoms with Crippen molar-refractivity contribution in [2.75, 3.05) is 5.32 Å². The average Bonchev–Trinajstić information content (AvgIpc) is 2.54. The van der Waals surface area contributed by atoms with Gasteiger partial charge in [0.05, 0.1) is 18.2 Å². The zero-order chi connectivity index (χ0) is 14.9. The fraction of sp³-hybridized carbons (Fsp3) is 0.0625. The molecule has 5 heteroatoms. The molecule has 5 nitrogen and oxygen atoms in total. The highest BCUT2D eigenvalue weighted by molar-refractivity contribution is 5.94. The van der Waals surface area contributed by atoms with Gasteiger partial charge in [-0.15, -0.1) is 0 Å². The lowest BCUT2D eigenvalue weighted by Gasteiger charge is -2.08. The van der Waals surface area contributed by atoms with Crippen LogP contribution in [0.2, 0.25) is 0 Å². The van der Waals surface area contributed by atoms with E-state index in [0.29, 0.717) is 18.1 Å². The normalized spacial score (nSPS) is 10.3. The van der Waals surface area contributed by atoms with Gasteiger partial charge < -0.3 is 5.32 Å². The molecule has 0 aliphatic rings. The van der Waals surface area contributed by atoms with Crippen molar-refractivity contribution in [2.45, 2.75) is 6.54 Å². The molecule has 0 heterocycles. The van der Waals surface area contributed by atoms with Gasteiger partial charge in [-0.3, -0.25) is 5.32 Å². The van der Waals surface area contributed by atoms with Crippen LogP contribution in [0.4, 0.5) is 5.69 Å². The molecule has 0 saturated heterocycles. The maximum atomic E-state index is 8.77. The molecule has 0 spiro atoms. The second-order valence-corrected chi connectivity index (χ2v) is 4.20. The zero-order valence-corrected chi connectivity index (χ0v) is 11.2. The predicted molar refractivity (Wildman–Crippen MR) is 81.1 cm³/mol. The first-order valence-corrected chi connectivity index (χ1v) is 6.32. The molecular formula is C16H13N5. The third-order valence-electron chi connectivity index (χ3n) is 2.71. The third kappa shape index (κ3) is 4.38. The van der Waals surface area contributed by atoms with Crippen LogP contribution < -0.4 is 10.6 Å². The molecule has 0 radical (unpaired) electrons. The van der Waals surface area contributed by atoms with E-state index < -0.39 is 0 Å². The van der Waals surface area contributed by atoms with E-state index in [9.17, 15) is 0 Å². The first-order chi connectivity index (χ1) is 10.3. The predicted octanol–water partition coefficient (Wildman–Crippen LogP) is 2.60. The van der Waals surface area contributed by atoms with Crippen LogP contribution in [0.5, 0.6) is 0 Å². The molecule has 21 heavy (non-hydrogen) atoms. The molecule has 0 aliphatic carbocycles. The molecule has 2 N–H and O–H groups in total. The molecular weight excluding hydrogens is 262 g/mol. The van der Waals surface area contributed by atoms with Crippen LogP contribution >= 0.6 is 0 Å². The van der Waals surface area contributed by atoms with Gasteiger partial charge in [0.2, 0.25) is 5.96 Å². The van der Waals surface area contributed by atoms with Gasteiger partial charge in [0.15, 0.2) is 6.19 Å². The summed E-state index contributed by atoms with van der Waals surface area (Å²) in [5.74, 6) is 0.367. The van der Waals surface area contributed by atoms with Crippen molar-refractivity contribution in [1.82, 2.24) is 5.32 Å². The number of nitriles is 2. The summed E-state index contributed by atoms with van der Waals surface area (Å²) in [6.07, 6.45) is 1.85. The van der Waals surface area contributed by atoms with E-state index in [-0.39, 0.29) is 0 Å². The number of nitrogens with one attached hydrogen (secondary N) is 2. The quantitative estimate of drug-likeness (QED) is 0.390. The van der Waals surface area contributed by atoms with E-state index in [1.165, 1.54) is 0 Å². The molecule has 0 amide bonds. The Labute approximate surface area is 123 Å². The monoisotopic (exact) mass is 275 g/mol. The SMILES string of the molecule is N#CNC(=NCc1ccccc1)Nc1ccc(C#N)cc1. The Morgan fingerprint density at radius 2 is 1.71 bits per heavy atom. The smallest absolute Gasteiger partial charge is 0.209 e. The van der Waals surface area contributed by atoms with Crippen molar-refractivity contribution < 1.29 is 0 Å². The Kier molecular flexibility index (Phi) is 4.92. The second kappa shape index (κ2) is 7.32. The highest BCUT2D eigenvalue weighted by Gasteiger charge is 2.00. The molecule has 2 aromatic carbocycles. The van der Waals surface area contributed by atoms with Gasteiger partial charge in [-0.2, -0.15) is 10.5 Å². The fourth-order valence-electron chi connectivity index (χ4n) is 1.68. The molecule has 0 atom stereocenters. The van der Waals surface area contributed by atoms with Gasteiger partial charge in [0, 0.05) is 5.69 Å². The van der Waals surface area contributed by atoms with Crippen LogP contribution in [-0.2, 0) is 6.54 Å². The zero-order valence-electron chi connectivity index (χ0n) is 11.2. The van der Waals surface area contributed by atoms with Crippen LogP contribution in [0.15, 0.2) is 59.6 Å². The van der Waals surface area contributed by atoms with Crippen LogP contribution in [0.1, 0.15) is 11.1 Å². The third-order valence-corrected chi connectivity index (χ3v) is 2.71. The number of hydrogen-bond acceptors (Lipinski definition) is 3. The van der Waals surface area contributed by atoms with E-state index in [1.54, 1.807) is 24.3 Å². The van der Waals surface area contributed by atoms with E-state index in [0.717, 1.165) is 11.3 Å². The van der Waals surface area contributed by atoms with Crippen molar-refractivity contribution in [3.05, 3.63) is 65.7 Å². The van der Waals surface area contributed by atoms with Crippen molar-refractivity contribution >= 4 is 11.6 Å². The lowest BCUT2D eigenvalue weighted by atomic mass is 10.2. The summed E-state index contributed by atoms with van der Waals surface area (Å²) in [6.45, 7) is 0.466. The summed E-state index contributed by atoms with van der Waals surface area (Å²) in [4.78, 5) is 4.33. The summed E-state index contributed by atoms with van der Waals surface area (Å²) in [5, 5.41) is 23.0. The van der Waals surface area contributed by atoms with Gasteiger partial charge in [-0.05, 0) is 29.8 Å². The Morgan fingerprint density at radius 1 is 1.00 bits per heavy atom. The van der Waals surface area contributed by atoms with Crippen LogP contribution in [-0.4, -0.2) is 5.96 Å². The maximum absolute atomic E-state index is 8.77. The van der Waals surface area contributed by atoms with Crippen molar-refractivity contribution in [2.24, 2.45) is 4.99 Å². The number of rotatable bonds is 3. The van der Waals surface area contributed by atoms with Crippen LogP contribution in [0.25, 0.3) is 0 Å². The number of aliphatic imine (C=N–C) groups is 1. The van der Waals surface area contributed by atoms with Gasteiger partial charge in [-0.1, -0.05) is 30.3 Å². The molecule has 0 aromatic heterocycles. The summed E-state index contributed by atoms with van der Waals surface area (Å²) < 4.78 is 0. The minimum Gasteiger partial charge on any atom is -0.326 e. The number of guanidine groups is 1. The fourth-order valence-corrected chi connectivity index (χ4v) is 1.68. The average molecular weight is 275 g/mol. The standard InChI is InChI=1S/C16H13N5/c17-10-13-6-8-15(9-7-13)21-16(20-12-18)19-11-14-4-2-1-3-5-14/h1-9H,11H2,(H2,19,20,21). The van der Waals surface area contributed by atoms with Crippen LogP contribution in [0, 0.1) is 22.8 Å². The summed E-state index contributed by atoms with van der Waals surface area (Å²) in [5.41, 5.74) is 2.39. The lowest BCUT2D eigenvalue weighted by molar-refractivity contribution is 1.04. The van der Waals surface area contributed by atoms with E-state index in [2.05, 4.69) is 21.7 Å². The van der Waals surface area contributed by atoms with Crippen molar-refractivity contribution in [3.63, 3.8) is 0 Å². The molecule has 0 saturated carbocycles. The molecule has 0 aliphatic heterocycles. The molecule has 0 unspecified atom stereocenters. The van der Waals surface area contributed by atoms with E-state index >= 15 is 0 Å². The highest BCUT2D eigenvalue weighted by atomic mass is 15.2. The number of anilines is 1. The summed E-state index contributed by atoms with van der Waals surface area (Å²) >= 11 is 0. The Balaban J connectivity index is 2.08. The van der Waals surface area contributed by atoms with E-state index in [4.69, 9.17) is 10.5 Å². The first kappa shape index (κ1) is 14.1. The van der Waals surface area contributed by atoms with Crippen molar-refractivity contribution in [3.8, 4) is 12.3 Å². The largest absolute Gasteiger partial charge is 0.326 e. The van der Waals surface area contributed by atoms with Gasteiger partial charge in [0.1, 0.15) is 0 Å². The Morgan fingerprint density at radius 3 is 2.33 bits per heavy atom.